The van der Waals surface area contributed by atoms with Gasteiger partial charge < -0.3 is 9.15 Å². The number of esters is 1. The summed E-state index contributed by atoms with van der Waals surface area (Å²) >= 11 is 2.50. The fourth-order valence-corrected chi connectivity index (χ4v) is 3.84. The van der Waals surface area contributed by atoms with Crippen molar-refractivity contribution in [3.05, 3.63) is 51.4 Å². The molecule has 1 aromatic carbocycles. The molecule has 0 amide bonds. The number of carbonyl (C=O) groups is 1. The lowest BCUT2D eigenvalue weighted by Crippen LogP contribution is -2.17. The van der Waals surface area contributed by atoms with Crippen molar-refractivity contribution < 1.29 is 13.9 Å². The van der Waals surface area contributed by atoms with Crippen LogP contribution >= 0.6 is 23.1 Å². The number of ether oxygens (including phenoxy) is 1. The number of hydrogen-bond acceptors (Lipinski definition) is 9. The number of aromatic nitrogens is 4. The van der Waals surface area contributed by atoms with Crippen LogP contribution in [0.2, 0.25) is 0 Å². The van der Waals surface area contributed by atoms with Crippen molar-refractivity contribution in [2.45, 2.75) is 25.2 Å². The molecule has 3 aromatic heterocycles. The lowest BCUT2D eigenvalue weighted by molar-refractivity contribution is -0.141. The molecule has 0 saturated carbocycles. The fourth-order valence-electron chi connectivity index (χ4n) is 2.34. The van der Waals surface area contributed by atoms with Gasteiger partial charge in [0, 0.05) is 6.07 Å². The van der Waals surface area contributed by atoms with E-state index in [0.29, 0.717) is 21.5 Å². The van der Waals surface area contributed by atoms with Crippen molar-refractivity contribution in [2.75, 3.05) is 5.75 Å². The summed E-state index contributed by atoms with van der Waals surface area (Å²) in [6, 6.07) is 8.70. The summed E-state index contributed by atoms with van der Waals surface area (Å²) in [4.78, 5) is 33.1. The highest BCUT2D eigenvalue weighted by molar-refractivity contribution is 7.99. The van der Waals surface area contributed by atoms with Gasteiger partial charge in [0.25, 0.3) is 10.8 Å². The third kappa shape index (κ3) is 3.86. The number of thioether (sulfide) groups is 1. The second kappa shape index (κ2) is 7.49. The Morgan fingerprint density at radius 1 is 1.33 bits per heavy atom. The summed E-state index contributed by atoms with van der Waals surface area (Å²) in [6.45, 7) is 1.89. The van der Waals surface area contributed by atoms with Crippen molar-refractivity contribution in [3.63, 3.8) is 0 Å². The van der Waals surface area contributed by atoms with Gasteiger partial charge in [-0.2, -0.15) is 9.61 Å². The van der Waals surface area contributed by atoms with Crippen LogP contribution in [0, 0.1) is 0 Å². The molecule has 0 fully saturated rings. The third-order valence-corrected chi connectivity index (χ3v) is 5.47. The quantitative estimate of drug-likeness (QED) is 0.358. The molecule has 0 aliphatic carbocycles. The number of hydrogen-bond donors (Lipinski definition) is 0. The van der Waals surface area contributed by atoms with E-state index >= 15 is 0 Å². The van der Waals surface area contributed by atoms with E-state index in [1.54, 1.807) is 0 Å². The number of carbonyl (C=O) groups excluding carboxylic acids is 1. The number of oxazole rings is 1. The van der Waals surface area contributed by atoms with Crippen molar-refractivity contribution in [3.8, 4) is 0 Å². The van der Waals surface area contributed by atoms with Crippen LogP contribution in [0.4, 0.5) is 0 Å². The van der Waals surface area contributed by atoms with Gasteiger partial charge in [-0.3, -0.25) is 9.59 Å². The maximum atomic E-state index is 12.1. The van der Waals surface area contributed by atoms with Gasteiger partial charge in [-0.05, 0) is 18.6 Å². The molecule has 3 heterocycles. The van der Waals surface area contributed by atoms with Gasteiger partial charge >= 0.3 is 5.97 Å². The monoisotopic (exact) mass is 402 g/mol. The van der Waals surface area contributed by atoms with Gasteiger partial charge in [-0.15, -0.1) is 0 Å². The minimum atomic E-state index is -0.442. The molecular weight excluding hydrogens is 388 g/mol. The lowest BCUT2D eigenvalue weighted by Gasteiger charge is -2.03. The highest BCUT2D eigenvalue weighted by atomic mass is 32.2. The average molecular weight is 402 g/mol. The average Bonchev–Trinajstić information content (AvgIpc) is 3.28. The summed E-state index contributed by atoms with van der Waals surface area (Å²) in [5.41, 5.74) is 1.51. The van der Waals surface area contributed by atoms with Crippen LogP contribution in [-0.4, -0.2) is 31.3 Å². The van der Waals surface area contributed by atoms with Gasteiger partial charge in [0.1, 0.15) is 22.9 Å². The van der Waals surface area contributed by atoms with Crippen molar-refractivity contribution in [1.82, 2.24) is 19.6 Å². The van der Waals surface area contributed by atoms with E-state index in [-0.39, 0.29) is 17.9 Å². The van der Waals surface area contributed by atoms with Crippen LogP contribution in [0.3, 0.4) is 0 Å². The Labute approximate surface area is 161 Å². The van der Waals surface area contributed by atoms with Crippen LogP contribution in [0.15, 0.2) is 44.8 Å². The summed E-state index contributed by atoms with van der Waals surface area (Å²) < 4.78 is 12.0. The molecule has 0 atom stereocenters. The van der Waals surface area contributed by atoms with Gasteiger partial charge in [0.2, 0.25) is 4.96 Å². The van der Waals surface area contributed by atoms with Crippen molar-refractivity contribution in [1.29, 1.82) is 0 Å². The molecule has 0 saturated heterocycles. The Balaban J connectivity index is 1.37. The number of nitrogens with zero attached hydrogens (tertiary/aromatic N) is 4. The standard InChI is InChI=1S/C17H14N4O4S2/c1-2-13-20-21-14(22)7-10(18-16(21)27-13)8-24-15(23)9-26-17-19-11-5-3-4-6-12(11)25-17/h3-7H,2,8-9H2,1H3. The van der Waals surface area contributed by atoms with E-state index in [4.69, 9.17) is 9.15 Å². The maximum Gasteiger partial charge on any atom is 0.316 e. The van der Waals surface area contributed by atoms with Crippen LogP contribution < -0.4 is 5.56 Å². The van der Waals surface area contributed by atoms with Crippen LogP contribution in [0.1, 0.15) is 17.6 Å². The number of para-hydroxylation sites is 2. The Bertz CT molecular complexity index is 1150. The predicted molar refractivity (Wildman–Crippen MR) is 101 cm³/mol. The van der Waals surface area contributed by atoms with Crippen molar-refractivity contribution in [2.24, 2.45) is 0 Å². The molecule has 8 nitrogen and oxygen atoms in total. The zero-order valence-electron chi connectivity index (χ0n) is 14.2. The van der Waals surface area contributed by atoms with E-state index in [1.807, 2.05) is 31.2 Å². The van der Waals surface area contributed by atoms with Gasteiger partial charge in [-0.1, -0.05) is 42.2 Å². The summed E-state index contributed by atoms with van der Waals surface area (Å²) in [7, 11) is 0. The fraction of sp³-hybridized carbons (Fsp3) is 0.235. The molecule has 0 N–H and O–H groups in total. The van der Waals surface area contributed by atoms with E-state index in [0.717, 1.165) is 28.7 Å². The molecule has 4 rings (SSSR count). The van der Waals surface area contributed by atoms with E-state index in [9.17, 15) is 9.59 Å². The topological polar surface area (TPSA) is 99.6 Å². The molecule has 0 radical (unpaired) electrons. The number of rotatable bonds is 6. The summed E-state index contributed by atoms with van der Waals surface area (Å²) in [5.74, 6) is -0.392. The maximum absolute atomic E-state index is 12.1. The second-order valence-corrected chi connectivity index (χ2v) is 7.49. The predicted octanol–water partition coefficient (Wildman–Crippen LogP) is 2.69. The zero-order chi connectivity index (χ0) is 18.8. The molecule has 0 aliphatic rings. The van der Waals surface area contributed by atoms with Crippen LogP contribution in [0.25, 0.3) is 16.1 Å². The van der Waals surface area contributed by atoms with Crippen LogP contribution in [0.5, 0.6) is 0 Å². The second-order valence-electron chi connectivity index (χ2n) is 5.53. The Hall–Kier alpha value is -2.72. The largest absolute Gasteiger partial charge is 0.459 e. The normalized spacial score (nSPS) is 11.3. The molecule has 0 aliphatic heterocycles. The third-order valence-electron chi connectivity index (χ3n) is 3.61. The molecular formula is C17H14N4O4S2. The Morgan fingerprint density at radius 2 is 2.19 bits per heavy atom. The van der Waals surface area contributed by atoms with Crippen LogP contribution in [-0.2, 0) is 22.6 Å². The highest BCUT2D eigenvalue weighted by Crippen LogP contribution is 2.23. The first kappa shape index (κ1) is 17.7. The van der Waals surface area contributed by atoms with Gasteiger partial charge in [0.05, 0.1) is 5.69 Å². The Morgan fingerprint density at radius 3 is 3.00 bits per heavy atom. The van der Waals surface area contributed by atoms with Crippen molar-refractivity contribution >= 4 is 45.1 Å². The first-order valence-electron chi connectivity index (χ1n) is 8.15. The zero-order valence-corrected chi connectivity index (χ0v) is 15.9. The minimum absolute atomic E-state index is 0.0502. The molecule has 4 aromatic rings. The minimum Gasteiger partial charge on any atom is -0.459 e. The number of benzene rings is 1. The smallest absolute Gasteiger partial charge is 0.316 e. The number of aryl methyl sites for hydroxylation is 1. The molecule has 138 valence electrons. The lowest BCUT2D eigenvalue weighted by atomic mass is 10.3. The van der Waals surface area contributed by atoms with E-state index in [2.05, 4.69) is 15.1 Å². The summed E-state index contributed by atoms with van der Waals surface area (Å²) in [5, 5.41) is 5.41. The molecule has 0 spiro atoms. The molecule has 10 heteroatoms. The SMILES string of the molecule is CCc1nn2c(=O)cc(COC(=O)CSc3nc4ccccc4o3)nc2s1. The Kier molecular flexibility index (Phi) is 4.90. The van der Waals surface area contributed by atoms with E-state index < -0.39 is 5.97 Å². The van der Waals surface area contributed by atoms with E-state index in [1.165, 1.54) is 21.9 Å². The molecule has 0 unspecified atom stereocenters. The first-order chi connectivity index (χ1) is 13.1. The highest BCUT2D eigenvalue weighted by Gasteiger charge is 2.12. The van der Waals surface area contributed by atoms with Gasteiger partial charge in [-0.25, -0.2) is 9.97 Å². The number of fused-ring (bicyclic) bond motifs is 2. The summed E-state index contributed by atoms with van der Waals surface area (Å²) in [6.07, 6.45) is 0.727. The van der Waals surface area contributed by atoms with Gasteiger partial charge in [0.15, 0.2) is 5.58 Å². The first-order valence-corrected chi connectivity index (χ1v) is 9.95. The molecule has 27 heavy (non-hydrogen) atoms. The molecule has 0 bridgehead atoms.